The number of rotatable bonds is 6. The smallest absolute Gasteiger partial charge is 0.422 e. The van der Waals surface area contributed by atoms with Crippen LogP contribution in [-0.4, -0.2) is 23.7 Å². The van der Waals surface area contributed by atoms with Crippen LogP contribution >= 0.6 is 24.8 Å². The molecule has 144 valence electrons. The number of ether oxygens (including phenoxy) is 1. The number of carbonyl (C=O) groups excluding carboxylic acids is 1. The van der Waals surface area contributed by atoms with Crippen LogP contribution in [0.2, 0.25) is 0 Å². The van der Waals surface area contributed by atoms with Gasteiger partial charge in [-0.05, 0) is 11.6 Å². The van der Waals surface area contributed by atoms with E-state index in [1.807, 2.05) is 30.3 Å². The lowest BCUT2D eigenvalue weighted by Crippen LogP contribution is -2.21. The number of anilines is 1. The summed E-state index contributed by atoms with van der Waals surface area (Å²) in [5, 5.41) is 2.58. The van der Waals surface area contributed by atoms with Crippen LogP contribution in [0.3, 0.4) is 0 Å². The van der Waals surface area contributed by atoms with Gasteiger partial charge in [-0.3, -0.25) is 4.79 Å². The van der Waals surface area contributed by atoms with E-state index >= 15 is 0 Å². The summed E-state index contributed by atoms with van der Waals surface area (Å²) in [5.41, 5.74) is 7.13. The molecule has 1 heterocycles. The molecule has 0 saturated heterocycles. The molecular weight excluding hydrogens is 394 g/mol. The molecule has 0 aliphatic carbocycles. The Balaban J connectivity index is 0.00000312. The van der Waals surface area contributed by atoms with E-state index in [9.17, 15) is 18.0 Å². The van der Waals surface area contributed by atoms with Gasteiger partial charge in [0.1, 0.15) is 0 Å². The van der Waals surface area contributed by atoms with Gasteiger partial charge >= 0.3 is 6.18 Å². The zero-order valence-corrected chi connectivity index (χ0v) is 15.0. The van der Waals surface area contributed by atoms with Gasteiger partial charge in [-0.25, -0.2) is 4.98 Å². The standard InChI is InChI=1S/C16H16F3N3O2.2ClH/c17-16(18,19)10-24-15-7-6-12(9-21-15)22-14(23)8-13(20)11-4-2-1-3-5-11;;/h1-7,9,13H,8,10,20H2,(H,22,23);2*1H. The van der Waals surface area contributed by atoms with Crippen molar-refractivity contribution >= 4 is 36.4 Å². The highest BCUT2D eigenvalue weighted by Crippen LogP contribution is 2.19. The summed E-state index contributed by atoms with van der Waals surface area (Å²) >= 11 is 0. The maximum Gasteiger partial charge on any atom is 0.422 e. The van der Waals surface area contributed by atoms with Gasteiger partial charge in [0.15, 0.2) is 6.61 Å². The monoisotopic (exact) mass is 411 g/mol. The van der Waals surface area contributed by atoms with E-state index in [0.717, 1.165) is 5.56 Å². The third-order valence-electron chi connectivity index (χ3n) is 3.04. The Morgan fingerprint density at radius 2 is 1.81 bits per heavy atom. The first-order chi connectivity index (χ1) is 11.3. The maximum atomic E-state index is 12.0. The van der Waals surface area contributed by atoms with Gasteiger partial charge in [0, 0.05) is 18.5 Å². The summed E-state index contributed by atoms with van der Waals surface area (Å²) in [5.74, 6) is -0.497. The van der Waals surface area contributed by atoms with Crippen LogP contribution in [0.25, 0.3) is 0 Å². The van der Waals surface area contributed by atoms with Gasteiger partial charge in [0.25, 0.3) is 0 Å². The summed E-state index contributed by atoms with van der Waals surface area (Å²) in [6.45, 7) is -1.42. The quantitative estimate of drug-likeness (QED) is 0.755. The third-order valence-corrected chi connectivity index (χ3v) is 3.04. The number of hydrogen-bond donors (Lipinski definition) is 2. The summed E-state index contributed by atoms with van der Waals surface area (Å²) in [6, 6.07) is 11.4. The van der Waals surface area contributed by atoms with Gasteiger partial charge in [-0.1, -0.05) is 30.3 Å². The van der Waals surface area contributed by atoms with E-state index < -0.39 is 18.8 Å². The van der Waals surface area contributed by atoms with Crippen LogP contribution < -0.4 is 15.8 Å². The van der Waals surface area contributed by atoms with Gasteiger partial charge in [-0.15, -0.1) is 24.8 Å². The number of halogens is 5. The van der Waals surface area contributed by atoms with Crippen LogP contribution in [-0.2, 0) is 4.79 Å². The molecule has 0 fully saturated rings. The van der Waals surface area contributed by atoms with Gasteiger partial charge < -0.3 is 15.8 Å². The van der Waals surface area contributed by atoms with E-state index in [1.165, 1.54) is 18.3 Å². The summed E-state index contributed by atoms with van der Waals surface area (Å²) in [6.07, 6.45) is -3.14. The molecule has 26 heavy (non-hydrogen) atoms. The Morgan fingerprint density at radius 1 is 1.15 bits per heavy atom. The number of hydrogen-bond acceptors (Lipinski definition) is 4. The number of amides is 1. The minimum absolute atomic E-state index is 0. The lowest BCUT2D eigenvalue weighted by molar-refractivity contribution is -0.154. The Kier molecular flexibility index (Phi) is 10.0. The molecule has 3 N–H and O–H groups in total. The van der Waals surface area contributed by atoms with E-state index in [0.29, 0.717) is 5.69 Å². The lowest BCUT2D eigenvalue weighted by Gasteiger charge is -2.12. The number of alkyl halides is 3. The van der Waals surface area contributed by atoms with Gasteiger partial charge in [0.2, 0.25) is 11.8 Å². The molecule has 2 aromatic rings. The number of pyridine rings is 1. The van der Waals surface area contributed by atoms with Crippen molar-refractivity contribution in [2.45, 2.75) is 18.6 Å². The summed E-state index contributed by atoms with van der Waals surface area (Å²) in [7, 11) is 0. The molecular formula is C16H18Cl2F3N3O2. The SMILES string of the molecule is Cl.Cl.NC(CC(=O)Nc1ccc(OCC(F)(F)F)nc1)c1ccccc1. The molecule has 0 bridgehead atoms. The van der Waals surface area contributed by atoms with E-state index in [2.05, 4.69) is 15.0 Å². The Bertz CT molecular complexity index is 671. The zero-order valence-electron chi connectivity index (χ0n) is 13.4. The van der Waals surface area contributed by atoms with Crippen molar-refractivity contribution in [2.75, 3.05) is 11.9 Å². The normalized spacial score (nSPS) is 11.5. The minimum Gasteiger partial charge on any atom is -0.468 e. The Labute approximate surface area is 161 Å². The molecule has 1 aromatic heterocycles. The average molecular weight is 412 g/mol. The highest BCUT2D eigenvalue weighted by Gasteiger charge is 2.28. The van der Waals surface area contributed by atoms with Gasteiger partial charge in [0.05, 0.1) is 11.9 Å². The average Bonchev–Trinajstić information content (AvgIpc) is 2.54. The molecule has 1 atom stereocenters. The molecule has 5 nitrogen and oxygen atoms in total. The van der Waals surface area contributed by atoms with E-state index in [4.69, 9.17) is 5.73 Å². The van der Waals surface area contributed by atoms with E-state index in [1.54, 1.807) is 0 Å². The number of carbonyl (C=O) groups is 1. The van der Waals surface area contributed by atoms with Crippen molar-refractivity contribution < 1.29 is 22.7 Å². The van der Waals surface area contributed by atoms with Crippen molar-refractivity contribution in [3.8, 4) is 5.88 Å². The third kappa shape index (κ3) is 8.37. The fourth-order valence-electron chi connectivity index (χ4n) is 1.93. The second kappa shape index (κ2) is 10.8. The molecule has 0 spiro atoms. The molecule has 1 unspecified atom stereocenters. The molecule has 0 radical (unpaired) electrons. The lowest BCUT2D eigenvalue weighted by atomic mass is 10.0. The molecule has 10 heteroatoms. The van der Waals surface area contributed by atoms with Crippen molar-refractivity contribution in [3.05, 3.63) is 54.2 Å². The zero-order chi connectivity index (χ0) is 17.6. The van der Waals surface area contributed by atoms with Crippen molar-refractivity contribution in [3.63, 3.8) is 0 Å². The number of nitrogens with two attached hydrogens (primary N) is 1. The fourth-order valence-corrected chi connectivity index (χ4v) is 1.93. The predicted molar refractivity (Wildman–Crippen MR) is 96.9 cm³/mol. The van der Waals surface area contributed by atoms with Crippen molar-refractivity contribution in [1.82, 2.24) is 4.98 Å². The largest absolute Gasteiger partial charge is 0.468 e. The molecule has 0 aliphatic heterocycles. The van der Waals surface area contributed by atoms with Crippen molar-refractivity contribution in [2.24, 2.45) is 5.73 Å². The minimum atomic E-state index is -4.43. The first-order valence-corrected chi connectivity index (χ1v) is 7.09. The first kappa shape index (κ1) is 24.0. The van der Waals surface area contributed by atoms with Crippen LogP contribution in [0.1, 0.15) is 18.0 Å². The second-order valence-electron chi connectivity index (χ2n) is 5.06. The molecule has 0 saturated carbocycles. The molecule has 1 aromatic carbocycles. The highest BCUT2D eigenvalue weighted by molar-refractivity contribution is 5.91. The number of nitrogens with zero attached hydrogens (tertiary/aromatic N) is 1. The van der Waals surface area contributed by atoms with Crippen molar-refractivity contribution in [1.29, 1.82) is 0 Å². The Hall–Kier alpha value is -2.03. The number of nitrogens with one attached hydrogen (secondary N) is 1. The molecule has 2 rings (SSSR count). The number of benzene rings is 1. The predicted octanol–water partition coefficient (Wildman–Crippen LogP) is 3.89. The first-order valence-electron chi connectivity index (χ1n) is 7.09. The van der Waals surface area contributed by atoms with Crippen LogP contribution in [0.15, 0.2) is 48.7 Å². The summed E-state index contributed by atoms with van der Waals surface area (Å²) in [4.78, 5) is 15.6. The second-order valence-corrected chi connectivity index (χ2v) is 5.06. The van der Waals surface area contributed by atoms with Crippen LogP contribution in [0, 0.1) is 0 Å². The van der Waals surface area contributed by atoms with Crippen LogP contribution in [0.5, 0.6) is 5.88 Å². The Morgan fingerprint density at radius 3 is 2.35 bits per heavy atom. The topological polar surface area (TPSA) is 77.2 Å². The molecule has 0 aliphatic rings. The highest BCUT2D eigenvalue weighted by atomic mass is 35.5. The summed E-state index contributed by atoms with van der Waals surface area (Å²) < 4.78 is 40.6. The van der Waals surface area contributed by atoms with Gasteiger partial charge in [-0.2, -0.15) is 13.2 Å². The maximum absolute atomic E-state index is 12.0. The number of aromatic nitrogens is 1. The molecule has 1 amide bonds. The van der Waals surface area contributed by atoms with Crippen LogP contribution in [0.4, 0.5) is 18.9 Å². The van der Waals surface area contributed by atoms with E-state index in [-0.39, 0.29) is 43.0 Å². The fraction of sp³-hybridized carbons (Fsp3) is 0.250.